The van der Waals surface area contributed by atoms with E-state index in [0.717, 1.165) is 13.0 Å². The van der Waals surface area contributed by atoms with Gasteiger partial charge in [0.25, 0.3) is 0 Å². The van der Waals surface area contributed by atoms with E-state index in [2.05, 4.69) is 22.8 Å². The van der Waals surface area contributed by atoms with E-state index in [0.29, 0.717) is 11.8 Å². The standard InChI is InChI=1S/C17H24N2O3/c20-14(11-22-10-12-6-7-12)9-18-17(21)19-16-8-15(16)13-4-2-1-3-5-13/h1-5,12,14-16,20H,6-11H2,(H2,18,19,21). The number of nitrogens with one attached hydrogen (secondary N) is 2. The van der Waals surface area contributed by atoms with Gasteiger partial charge in [-0.3, -0.25) is 0 Å². The summed E-state index contributed by atoms with van der Waals surface area (Å²) in [5, 5.41) is 15.4. The molecule has 0 spiro atoms. The molecule has 0 aromatic heterocycles. The van der Waals surface area contributed by atoms with Crippen LogP contribution in [0.25, 0.3) is 0 Å². The van der Waals surface area contributed by atoms with E-state index < -0.39 is 6.10 Å². The first-order chi connectivity index (χ1) is 10.7. The first-order valence-electron chi connectivity index (χ1n) is 8.07. The van der Waals surface area contributed by atoms with E-state index in [1.807, 2.05) is 18.2 Å². The minimum absolute atomic E-state index is 0.200. The topological polar surface area (TPSA) is 70.6 Å². The minimum Gasteiger partial charge on any atom is -0.389 e. The highest BCUT2D eigenvalue weighted by atomic mass is 16.5. The van der Waals surface area contributed by atoms with Gasteiger partial charge in [-0.2, -0.15) is 0 Å². The van der Waals surface area contributed by atoms with Crippen LogP contribution in [0.5, 0.6) is 0 Å². The zero-order valence-corrected chi connectivity index (χ0v) is 12.7. The SMILES string of the molecule is O=C(NCC(O)COCC1CC1)NC1CC1c1ccccc1. The van der Waals surface area contributed by atoms with Gasteiger partial charge in [0.05, 0.1) is 12.7 Å². The van der Waals surface area contributed by atoms with E-state index in [4.69, 9.17) is 4.74 Å². The van der Waals surface area contributed by atoms with Crippen molar-refractivity contribution in [2.75, 3.05) is 19.8 Å². The average Bonchev–Trinajstić information content (AvgIpc) is 3.42. The molecule has 0 bridgehead atoms. The fourth-order valence-corrected chi connectivity index (χ4v) is 2.57. The van der Waals surface area contributed by atoms with E-state index in [9.17, 15) is 9.90 Å². The number of carbonyl (C=O) groups excluding carboxylic acids is 1. The van der Waals surface area contributed by atoms with Crippen LogP contribution in [-0.4, -0.2) is 43.0 Å². The third kappa shape index (κ3) is 4.71. The number of carbonyl (C=O) groups is 1. The van der Waals surface area contributed by atoms with Gasteiger partial charge in [-0.15, -0.1) is 0 Å². The van der Waals surface area contributed by atoms with Gasteiger partial charge in [0.1, 0.15) is 0 Å². The molecular weight excluding hydrogens is 280 g/mol. The zero-order chi connectivity index (χ0) is 15.4. The highest BCUT2D eigenvalue weighted by molar-refractivity contribution is 5.74. The molecule has 120 valence electrons. The molecule has 0 heterocycles. The molecule has 1 aromatic rings. The zero-order valence-electron chi connectivity index (χ0n) is 12.7. The van der Waals surface area contributed by atoms with Crippen molar-refractivity contribution in [1.29, 1.82) is 0 Å². The van der Waals surface area contributed by atoms with Crippen LogP contribution in [0.4, 0.5) is 4.79 Å². The third-order valence-electron chi connectivity index (χ3n) is 4.19. The van der Waals surface area contributed by atoms with Gasteiger partial charge in [-0.05, 0) is 30.7 Å². The quantitative estimate of drug-likeness (QED) is 0.683. The van der Waals surface area contributed by atoms with Crippen LogP contribution in [0.1, 0.15) is 30.7 Å². The molecule has 5 nitrogen and oxygen atoms in total. The lowest BCUT2D eigenvalue weighted by atomic mass is 10.1. The van der Waals surface area contributed by atoms with Gasteiger partial charge < -0.3 is 20.5 Å². The highest BCUT2D eigenvalue weighted by Gasteiger charge is 2.39. The normalized spacial score (nSPS) is 24.6. The van der Waals surface area contributed by atoms with Gasteiger partial charge in [0.15, 0.2) is 0 Å². The summed E-state index contributed by atoms with van der Waals surface area (Å²) in [5.41, 5.74) is 1.27. The van der Waals surface area contributed by atoms with Crippen molar-refractivity contribution in [2.45, 2.75) is 37.3 Å². The van der Waals surface area contributed by atoms with Crippen molar-refractivity contribution < 1.29 is 14.6 Å². The number of urea groups is 1. The minimum atomic E-state index is -0.645. The fraction of sp³-hybridized carbons (Fsp3) is 0.588. The van der Waals surface area contributed by atoms with Crippen LogP contribution in [-0.2, 0) is 4.74 Å². The summed E-state index contributed by atoms with van der Waals surface area (Å²) in [6.07, 6.45) is 2.81. The smallest absolute Gasteiger partial charge is 0.315 e. The Labute approximate surface area is 131 Å². The van der Waals surface area contributed by atoms with Crippen molar-refractivity contribution in [3.63, 3.8) is 0 Å². The van der Waals surface area contributed by atoms with Crippen molar-refractivity contribution in [2.24, 2.45) is 5.92 Å². The molecule has 0 radical (unpaired) electrons. The van der Waals surface area contributed by atoms with Crippen molar-refractivity contribution >= 4 is 6.03 Å². The fourth-order valence-electron chi connectivity index (χ4n) is 2.57. The lowest BCUT2D eigenvalue weighted by Crippen LogP contribution is -2.42. The molecule has 2 aliphatic carbocycles. The second kappa shape index (κ2) is 7.11. The summed E-state index contributed by atoms with van der Waals surface area (Å²) < 4.78 is 5.40. The number of rotatable bonds is 8. The van der Waals surface area contributed by atoms with Crippen molar-refractivity contribution in [3.05, 3.63) is 35.9 Å². The second-order valence-electron chi connectivity index (χ2n) is 6.35. The lowest BCUT2D eigenvalue weighted by Gasteiger charge is -2.13. The highest BCUT2D eigenvalue weighted by Crippen LogP contribution is 2.40. The first-order valence-corrected chi connectivity index (χ1v) is 8.07. The summed E-state index contributed by atoms with van der Waals surface area (Å²) in [6.45, 7) is 1.23. The van der Waals surface area contributed by atoms with E-state index in [1.54, 1.807) is 0 Å². The van der Waals surface area contributed by atoms with Gasteiger partial charge in [-0.25, -0.2) is 4.79 Å². The molecular formula is C17H24N2O3. The Bertz CT molecular complexity index is 490. The molecule has 0 aliphatic heterocycles. The maximum absolute atomic E-state index is 11.8. The Morgan fingerprint density at radius 2 is 2.09 bits per heavy atom. The summed E-state index contributed by atoms with van der Waals surface area (Å²) in [5.74, 6) is 1.10. The van der Waals surface area contributed by atoms with Gasteiger partial charge in [0.2, 0.25) is 0 Å². The van der Waals surface area contributed by atoms with Gasteiger partial charge in [-0.1, -0.05) is 30.3 Å². The summed E-state index contributed by atoms with van der Waals surface area (Å²) in [6, 6.07) is 10.2. The first kappa shape index (κ1) is 15.3. The second-order valence-corrected chi connectivity index (χ2v) is 6.35. The van der Waals surface area contributed by atoms with Crippen LogP contribution >= 0.6 is 0 Å². The molecule has 0 saturated heterocycles. The number of benzene rings is 1. The molecule has 3 N–H and O–H groups in total. The maximum Gasteiger partial charge on any atom is 0.315 e. The molecule has 1 aromatic carbocycles. The predicted octanol–water partition coefficient (Wildman–Crippen LogP) is 1.63. The van der Waals surface area contributed by atoms with Crippen molar-refractivity contribution in [3.8, 4) is 0 Å². The van der Waals surface area contributed by atoms with E-state index in [-0.39, 0.29) is 25.2 Å². The number of aliphatic hydroxyl groups excluding tert-OH is 1. The Balaban J connectivity index is 1.28. The number of amides is 2. The van der Waals surface area contributed by atoms with Crippen LogP contribution < -0.4 is 10.6 Å². The third-order valence-corrected chi connectivity index (χ3v) is 4.19. The molecule has 2 aliphatic rings. The molecule has 3 atom stereocenters. The Kier molecular flexibility index (Phi) is 4.95. The summed E-state index contributed by atoms with van der Waals surface area (Å²) >= 11 is 0. The molecule has 2 fully saturated rings. The number of aliphatic hydroxyl groups is 1. The monoisotopic (exact) mass is 304 g/mol. The van der Waals surface area contributed by atoms with E-state index in [1.165, 1.54) is 18.4 Å². The predicted molar refractivity (Wildman–Crippen MR) is 83.7 cm³/mol. The van der Waals surface area contributed by atoms with Gasteiger partial charge in [0, 0.05) is 25.1 Å². The van der Waals surface area contributed by atoms with Crippen LogP contribution in [0.3, 0.4) is 0 Å². The number of hydrogen-bond donors (Lipinski definition) is 3. The van der Waals surface area contributed by atoms with Gasteiger partial charge >= 0.3 is 6.03 Å². The molecule has 22 heavy (non-hydrogen) atoms. The molecule has 2 amide bonds. The van der Waals surface area contributed by atoms with Crippen molar-refractivity contribution in [1.82, 2.24) is 10.6 Å². The Hall–Kier alpha value is -1.59. The molecule has 3 rings (SSSR count). The largest absolute Gasteiger partial charge is 0.389 e. The summed E-state index contributed by atoms with van der Waals surface area (Å²) in [4.78, 5) is 11.8. The number of hydrogen-bond acceptors (Lipinski definition) is 3. The Morgan fingerprint density at radius 3 is 2.82 bits per heavy atom. The van der Waals surface area contributed by atoms with Crippen LogP contribution in [0, 0.1) is 5.92 Å². The summed E-state index contributed by atoms with van der Waals surface area (Å²) in [7, 11) is 0. The molecule has 3 unspecified atom stereocenters. The van der Waals surface area contributed by atoms with Crippen LogP contribution in [0.15, 0.2) is 30.3 Å². The molecule has 2 saturated carbocycles. The maximum atomic E-state index is 11.8. The van der Waals surface area contributed by atoms with Crippen LogP contribution in [0.2, 0.25) is 0 Å². The average molecular weight is 304 g/mol. The lowest BCUT2D eigenvalue weighted by molar-refractivity contribution is 0.0337. The Morgan fingerprint density at radius 1 is 1.32 bits per heavy atom. The van der Waals surface area contributed by atoms with E-state index >= 15 is 0 Å². The number of ether oxygens (including phenoxy) is 1. The molecule has 5 heteroatoms.